The van der Waals surface area contributed by atoms with E-state index >= 15 is 0 Å². The van der Waals surface area contributed by atoms with Gasteiger partial charge in [0, 0.05) is 20.0 Å². The number of alkyl halides is 3. The molecule has 2 heterocycles. The van der Waals surface area contributed by atoms with Crippen molar-refractivity contribution in [2.45, 2.75) is 30.8 Å². The number of thiophene rings is 1. The molecule has 1 atom stereocenters. The maximum absolute atomic E-state index is 12.9. The first-order valence-corrected chi connectivity index (χ1v) is 8.58. The minimum absolute atomic E-state index is 0.0612. The third kappa shape index (κ3) is 3.31. The summed E-state index contributed by atoms with van der Waals surface area (Å²) in [6, 6.07) is 0. The Balaban J connectivity index is 2.33. The van der Waals surface area contributed by atoms with Gasteiger partial charge in [0.05, 0.1) is 21.4 Å². The molecule has 2 rings (SSSR count). The zero-order valence-corrected chi connectivity index (χ0v) is 13.4. The molecule has 0 saturated carbocycles. The second-order valence-corrected chi connectivity index (χ2v) is 6.88. The van der Waals surface area contributed by atoms with Crippen LogP contribution in [-0.4, -0.2) is 31.3 Å². The van der Waals surface area contributed by atoms with E-state index in [1.165, 1.54) is 30.0 Å². The van der Waals surface area contributed by atoms with Crippen LogP contribution in [0.25, 0.3) is 0 Å². The van der Waals surface area contributed by atoms with Gasteiger partial charge in [-0.1, -0.05) is 0 Å². The molecule has 1 aliphatic heterocycles. The van der Waals surface area contributed by atoms with Gasteiger partial charge < -0.3 is 10.6 Å². The van der Waals surface area contributed by atoms with Gasteiger partial charge in [0.2, 0.25) is 0 Å². The van der Waals surface area contributed by atoms with Crippen molar-refractivity contribution >= 4 is 39.6 Å². The van der Waals surface area contributed by atoms with Crippen molar-refractivity contribution < 1.29 is 18.0 Å². The molecule has 0 aromatic carbocycles. The number of anilines is 2. The molecule has 0 aliphatic carbocycles. The van der Waals surface area contributed by atoms with Gasteiger partial charge in [-0.05, 0) is 19.1 Å². The molecule has 118 valence electrons. The van der Waals surface area contributed by atoms with Crippen molar-refractivity contribution in [1.29, 1.82) is 0 Å². The molecule has 1 saturated heterocycles. The molecule has 1 aliphatic rings. The number of hydrogen-bond acceptors (Lipinski definition) is 5. The molecule has 3 nitrogen and oxygen atoms in total. The fraction of sp³-hybridized carbons (Fsp3) is 0.615. The number of halogens is 3. The van der Waals surface area contributed by atoms with Crippen LogP contribution in [0.2, 0.25) is 0 Å². The number of carbonyl (C=O) groups is 1. The van der Waals surface area contributed by atoms with Gasteiger partial charge in [0.1, 0.15) is 5.00 Å². The highest BCUT2D eigenvalue weighted by molar-refractivity contribution is 7.99. The lowest BCUT2D eigenvalue weighted by Gasteiger charge is -2.34. The second kappa shape index (κ2) is 6.08. The van der Waals surface area contributed by atoms with Crippen molar-refractivity contribution in [2.75, 3.05) is 30.0 Å². The van der Waals surface area contributed by atoms with Crippen LogP contribution in [0.3, 0.4) is 0 Å². The van der Waals surface area contributed by atoms with E-state index in [1.807, 2.05) is 6.26 Å². The molecule has 1 fully saturated rings. The van der Waals surface area contributed by atoms with Gasteiger partial charge >= 0.3 is 6.18 Å². The van der Waals surface area contributed by atoms with Crippen molar-refractivity contribution in [3.8, 4) is 0 Å². The third-order valence-electron chi connectivity index (χ3n) is 3.58. The maximum atomic E-state index is 12.9. The topological polar surface area (TPSA) is 46.3 Å². The number of piperidine rings is 1. The van der Waals surface area contributed by atoms with Crippen LogP contribution in [0.4, 0.5) is 23.9 Å². The summed E-state index contributed by atoms with van der Waals surface area (Å²) in [5.74, 6) is -1.46. The van der Waals surface area contributed by atoms with Gasteiger partial charge in [-0.3, -0.25) is 4.79 Å². The Hall–Kier alpha value is -0.890. The molecule has 0 amide bonds. The number of nitrogen functional groups attached to an aromatic ring is 1. The molecule has 1 unspecified atom stereocenters. The Morgan fingerprint density at radius 2 is 2.14 bits per heavy atom. The summed E-state index contributed by atoms with van der Waals surface area (Å²) in [6.07, 6.45) is -1.71. The first-order valence-electron chi connectivity index (χ1n) is 6.54. The summed E-state index contributed by atoms with van der Waals surface area (Å²) in [5, 5.41) is 0.694. The number of nitrogens with zero attached hydrogens (tertiary/aromatic N) is 1. The van der Waals surface area contributed by atoms with Gasteiger partial charge in [-0.2, -0.15) is 13.2 Å². The molecule has 8 heteroatoms. The van der Waals surface area contributed by atoms with Crippen LogP contribution in [-0.2, 0) is 0 Å². The highest BCUT2D eigenvalue weighted by Crippen LogP contribution is 2.46. The molecule has 0 spiro atoms. The smallest absolute Gasteiger partial charge is 0.393 e. The van der Waals surface area contributed by atoms with E-state index < -0.39 is 12.1 Å². The number of hydrogen-bond donors (Lipinski definition) is 1. The maximum Gasteiger partial charge on any atom is 0.393 e. The summed E-state index contributed by atoms with van der Waals surface area (Å²) >= 11 is 2.57. The van der Waals surface area contributed by atoms with Gasteiger partial charge in [0.15, 0.2) is 5.78 Å². The van der Waals surface area contributed by atoms with Gasteiger partial charge in [-0.15, -0.1) is 23.1 Å². The Morgan fingerprint density at radius 3 is 2.67 bits per heavy atom. The van der Waals surface area contributed by atoms with E-state index in [1.54, 1.807) is 4.90 Å². The Kier molecular flexibility index (Phi) is 4.77. The summed E-state index contributed by atoms with van der Waals surface area (Å²) in [7, 11) is 0. The highest BCUT2D eigenvalue weighted by Gasteiger charge is 2.42. The van der Waals surface area contributed by atoms with Crippen molar-refractivity contribution in [1.82, 2.24) is 0 Å². The lowest BCUT2D eigenvalue weighted by molar-refractivity contribution is -0.175. The van der Waals surface area contributed by atoms with E-state index in [4.69, 9.17) is 5.73 Å². The average molecular weight is 338 g/mol. The van der Waals surface area contributed by atoms with Crippen LogP contribution in [0.15, 0.2) is 4.90 Å². The van der Waals surface area contributed by atoms with Crippen molar-refractivity contribution in [3.63, 3.8) is 0 Å². The molecule has 1 aromatic rings. The lowest BCUT2D eigenvalue weighted by atomic mass is 9.98. The van der Waals surface area contributed by atoms with Crippen LogP contribution in [0.1, 0.15) is 29.4 Å². The third-order valence-corrected chi connectivity index (χ3v) is 5.90. The monoisotopic (exact) mass is 338 g/mol. The number of thioether (sulfide) groups is 1. The fourth-order valence-electron chi connectivity index (χ4n) is 2.51. The van der Waals surface area contributed by atoms with Crippen LogP contribution < -0.4 is 10.6 Å². The first-order chi connectivity index (χ1) is 9.75. The zero-order valence-electron chi connectivity index (χ0n) is 11.8. The molecule has 0 bridgehead atoms. The number of Topliss-reactive ketones (excluding diaryl/α,β-unsaturated/α-hetero) is 1. The number of ketones is 1. The van der Waals surface area contributed by atoms with Crippen molar-refractivity contribution in [2.24, 2.45) is 5.92 Å². The number of carbonyl (C=O) groups excluding carboxylic acids is 1. The summed E-state index contributed by atoms with van der Waals surface area (Å²) in [4.78, 5) is 14.4. The van der Waals surface area contributed by atoms with Gasteiger partial charge in [0.25, 0.3) is 0 Å². The molecule has 0 radical (unpaired) electrons. The summed E-state index contributed by atoms with van der Waals surface area (Å²) < 4.78 is 38.8. The van der Waals surface area contributed by atoms with E-state index in [0.717, 1.165) is 0 Å². The largest absolute Gasteiger partial charge is 0.396 e. The van der Waals surface area contributed by atoms with E-state index in [-0.39, 0.29) is 18.7 Å². The number of rotatable bonds is 3. The van der Waals surface area contributed by atoms with Crippen LogP contribution >= 0.6 is 23.1 Å². The molecular weight excluding hydrogens is 321 g/mol. The van der Waals surface area contributed by atoms with E-state index in [2.05, 4.69) is 0 Å². The van der Waals surface area contributed by atoms with Crippen molar-refractivity contribution in [3.05, 3.63) is 4.88 Å². The lowest BCUT2D eigenvalue weighted by Crippen LogP contribution is -2.41. The SMILES string of the molecule is CSc1c(N2CCCC(C(F)(F)F)C2)sc(C(C)=O)c1N. The molecular formula is C13H17F3N2OS2. The molecule has 21 heavy (non-hydrogen) atoms. The first kappa shape index (κ1) is 16.5. The van der Waals surface area contributed by atoms with Crippen LogP contribution in [0, 0.1) is 5.92 Å². The predicted octanol–water partition coefficient (Wildman–Crippen LogP) is 4.03. The number of nitrogens with two attached hydrogens (primary N) is 1. The molecule has 2 N–H and O–H groups in total. The minimum Gasteiger partial charge on any atom is -0.396 e. The van der Waals surface area contributed by atoms with Gasteiger partial charge in [-0.25, -0.2) is 0 Å². The predicted molar refractivity (Wildman–Crippen MR) is 81.5 cm³/mol. The minimum atomic E-state index is -4.18. The summed E-state index contributed by atoms with van der Waals surface area (Å²) in [5.41, 5.74) is 6.36. The highest BCUT2D eigenvalue weighted by atomic mass is 32.2. The fourth-order valence-corrected chi connectivity index (χ4v) is 4.62. The summed E-state index contributed by atoms with van der Waals surface area (Å²) in [6.45, 7) is 1.93. The van der Waals surface area contributed by atoms with E-state index in [0.29, 0.717) is 33.4 Å². The molecule has 1 aromatic heterocycles. The van der Waals surface area contributed by atoms with Crippen LogP contribution in [0.5, 0.6) is 0 Å². The average Bonchev–Trinajstić information content (AvgIpc) is 2.75. The Labute approximate surface area is 129 Å². The quantitative estimate of drug-likeness (QED) is 0.667. The Bertz CT molecular complexity index is 542. The normalized spacial score (nSPS) is 19.9. The second-order valence-electron chi connectivity index (χ2n) is 5.07. The van der Waals surface area contributed by atoms with E-state index in [9.17, 15) is 18.0 Å². The zero-order chi connectivity index (χ0) is 15.8. The Morgan fingerprint density at radius 1 is 1.48 bits per heavy atom. The standard InChI is InChI=1S/C13H17F3N2OS2/c1-7(19)10-9(17)11(20-2)12(21-10)18-5-3-4-8(6-18)13(14,15)16/h8H,3-6,17H2,1-2H3.